The van der Waals surface area contributed by atoms with Gasteiger partial charge in [-0.1, -0.05) is 0 Å². The first-order valence-electron chi connectivity index (χ1n) is 4.52. The van der Waals surface area contributed by atoms with Gasteiger partial charge in [-0.25, -0.2) is 0 Å². The summed E-state index contributed by atoms with van der Waals surface area (Å²) >= 11 is 22.9. The molecule has 0 saturated carbocycles. The van der Waals surface area contributed by atoms with Crippen molar-refractivity contribution < 1.29 is 0 Å². The molecule has 0 aromatic rings. The Balaban J connectivity index is 3.66. The van der Waals surface area contributed by atoms with Crippen molar-refractivity contribution in [3.63, 3.8) is 0 Å². The van der Waals surface area contributed by atoms with Crippen molar-refractivity contribution in [1.29, 1.82) is 0 Å². The molecule has 0 aliphatic heterocycles. The summed E-state index contributed by atoms with van der Waals surface area (Å²) in [6, 6.07) is 0. The van der Waals surface area contributed by atoms with E-state index in [1.165, 1.54) is 0 Å². The van der Waals surface area contributed by atoms with E-state index in [-0.39, 0.29) is 0 Å². The van der Waals surface area contributed by atoms with Crippen LogP contribution in [-0.2, 0) is 0 Å². The molecule has 15 heavy (non-hydrogen) atoms. The number of hydrogen-bond donors (Lipinski definition) is 4. The van der Waals surface area contributed by atoms with Crippen molar-refractivity contribution in [3.05, 3.63) is 0 Å². The Hall–Kier alpha value is 2.45. The number of rotatable bonds is 10. The van der Waals surface area contributed by atoms with Gasteiger partial charge in [0.05, 0.1) is 0 Å². The van der Waals surface area contributed by atoms with Crippen LogP contribution in [0.2, 0.25) is 0 Å². The molecule has 0 radical (unpaired) electrons. The van der Waals surface area contributed by atoms with E-state index in [0.29, 0.717) is 10.5 Å². The third-order valence-corrected chi connectivity index (χ3v) is 7.60. The molecule has 0 aliphatic rings. The van der Waals surface area contributed by atoms with Crippen LogP contribution >= 0.6 is 85.8 Å². The highest BCUT2D eigenvalue weighted by Crippen LogP contribution is 2.24. The largest absolute Gasteiger partial charge is 0.178 e. The minimum absolute atomic E-state index is 0.610. The summed E-state index contributed by atoms with van der Waals surface area (Å²) in [5, 5.41) is 3.02. The van der Waals surface area contributed by atoms with Crippen LogP contribution in [-0.4, -0.2) is 43.7 Å². The minimum Gasteiger partial charge on any atom is -0.178 e. The zero-order valence-electron chi connectivity index (χ0n) is 8.41. The molecule has 92 valence electrons. The summed E-state index contributed by atoms with van der Waals surface area (Å²) in [5.74, 6) is 4.16. The maximum Gasteiger partial charge on any atom is 0.0365 e. The smallest absolute Gasteiger partial charge is 0.0365 e. The number of thioether (sulfide) groups is 3. The maximum atomic E-state index is 4.37. The van der Waals surface area contributed by atoms with Crippen molar-refractivity contribution in [2.75, 3.05) is 33.2 Å². The molecule has 0 aliphatic carbocycles. The van der Waals surface area contributed by atoms with Crippen LogP contribution in [0.1, 0.15) is 0 Å². The van der Waals surface area contributed by atoms with E-state index in [0.717, 1.165) is 33.2 Å². The van der Waals surface area contributed by atoms with Crippen molar-refractivity contribution in [2.24, 2.45) is 0 Å². The van der Waals surface area contributed by atoms with Gasteiger partial charge in [0.2, 0.25) is 0 Å². The van der Waals surface area contributed by atoms with Crippen molar-refractivity contribution >= 4 is 85.8 Å². The van der Waals surface area contributed by atoms with Gasteiger partial charge in [-0.15, -0.1) is 11.8 Å². The summed E-state index contributed by atoms with van der Waals surface area (Å²) in [6.45, 7) is 0. The van der Waals surface area contributed by atoms with Gasteiger partial charge in [0, 0.05) is 43.7 Å². The number of thiol groups is 4. The van der Waals surface area contributed by atoms with E-state index in [1.54, 1.807) is 0 Å². The lowest BCUT2D eigenvalue weighted by atomic mass is 10.5. The average molecular weight is 339 g/mol. The molecule has 7 heteroatoms. The first-order valence-corrected chi connectivity index (χ1v) is 10.3. The SMILES string of the molecule is SCSCC(CS)SCC(CS)SCS. The second kappa shape index (κ2) is 12.9. The van der Waals surface area contributed by atoms with E-state index in [9.17, 15) is 0 Å². The summed E-state index contributed by atoms with van der Waals surface area (Å²) in [6.07, 6.45) is 0. The number of hydrogen-bond acceptors (Lipinski definition) is 7. The van der Waals surface area contributed by atoms with Crippen LogP contribution in [0.3, 0.4) is 0 Å². The molecule has 0 amide bonds. The Bertz CT molecular complexity index is 132. The fourth-order valence-electron chi connectivity index (χ4n) is 0.840. The fourth-order valence-corrected chi connectivity index (χ4v) is 5.84. The Labute approximate surface area is 128 Å². The molecule has 0 aromatic carbocycles. The first kappa shape index (κ1) is 17.4. The highest BCUT2D eigenvalue weighted by molar-refractivity contribution is 8.11. The lowest BCUT2D eigenvalue weighted by Crippen LogP contribution is -2.15. The van der Waals surface area contributed by atoms with Crippen molar-refractivity contribution in [2.45, 2.75) is 10.5 Å². The van der Waals surface area contributed by atoms with E-state index in [1.807, 2.05) is 35.3 Å². The van der Waals surface area contributed by atoms with E-state index in [4.69, 9.17) is 0 Å². The maximum absolute atomic E-state index is 4.37. The van der Waals surface area contributed by atoms with Gasteiger partial charge >= 0.3 is 0 Å². The van der Waals surface area contributed by atoms with Gasteiger partial charge in [0.1, 0.15) is 0 Å². The Kier molecular flexibility index (Phi) is 15.0. The summed E-state index contributed by atoms with van der Waals surface area (Å²) in [5.41, 5.74) is 0. The standard InChI is InChI=1S/C8H18S7/c9-1-7(3-13-5-11)14-4-8(2-10)15-6-12/h7-12H,1-6H2. The van der Waals surface area contributed by atoms with E-state index < -0.39 is 0 Å². The van der Waals surface area contributed by atoms with Crippen LogP contribution in [0.25, 0.3) is 0 Å². The molecule has 0 aromatic heterocycles. The lowest BCUT2D eigenvalue weighted by molar-refractivity contribution is 1.11. The predicted molar refractivity (Wildman–Crippen MR) is 95.5 cm³/mol. The van der Waals surface area contributed by atoms with Gasteiger partial charge in [0.15, 0.2) is 0 Å². The molecule has 0 heterocycles. The lowest BCUT2D eigenvalue weighted by Gasteiger charge is -2.17. The molecular weight excluding hydrogens is 321 g/mol. The quantitative estimate of drug-likeness (QED) is 0.355. The third-order valence-electron chi connectivity index (χ3n) is 1.63. The topological polar surface area (TPSA) is 0 Å². The van der Waals surface area contributed by atoms with E-state index in [2.05, 4.69) is 50.5 Å². The molecule has 2 atom stereocenters. The zero-order valence-corrected chi connectivity index (χ0v) is 14.4. The zero-order chi connectivity index (χ0) is 11.5. The average Bonchev–Trinajstić information content (AvgIpc) is 2.27. The van der Waals surface area contributed by atoms with Gasteiger partial charge in [0.25, 0.3) is 0 Å². The molecule has 0 nitrogen and oxygen atoms in total. The van der Waals surface area contributed by atoms with Gasteiger partial charge < -0.3 is 0 Å². The summed E-state index contributed by atoms with van der Waals surface area (Å²) < 4.78 is 0. The Morgan fingerprint density at radius 2 is 1.33 bits per heavy atom. The molecule has 2 unspecified atom stereocenters. The molecule has 0 saturated heterocycles. The normalized spacial score (nSPS) is 15.2. The van der Waals surface area contributed by atoms with E-state index >= 15 is 0 Å². The Morgan fingerprint density at radius 3 is 1.80 bits per heavy atom. The van der Waals surface area contributed by atoms with Crippen LogP contribution < -0.4 is 0 Å². The minimum atomic E-state index is 0.610. The predicted octanol–water partition coefficient (Wildman–Crippen LogP) is 3.56. The summed E-state index contributed by atoms with van der Waals surface area (Å²) in [4.78, 5) is 0. The Morgan fingerprint density at radius 1 is 0.733 bits per heavy atom. The van der Waals surface area contributed by atoms with Crippen LogP contribution in [0.15, 0.2) is 0 Å². The van der Waals surface area contributed by atoms with Gasteiger partial charge in [-0.05, 0) is 0 Å². The second-order valence-corrected chi connectivity index (χ2v) is 8.61. The molecule has 0 fully saturated rings. The van der Waals surface area contributed by atoms with Gasteiger partial charge in [-0.2, -0.15) is 74.0 Å². The van der Waals surface area contributed by atoms with Crippen LogP contribution in [0.4, 0.5) is 0 Å². The van der Waals surface area contributed by atoms with Crippen molar-refractivity contribution in [1.82, 2.24) is 0 Å². The molecular formula is C8H18S7. The highest BCUT2D eigenvalue weighted by Gasteiger charge is 2.12. The second-order valence-electron chi connectivity index (χ2n) is 2.74. The molecule has 0 bridgehead atoms. The van der Waals surface area contributed by atoms with Crippen LogP contribution in [0, 0.1) is 0 Å². The molecule has 0 N–H and O–H groups in total. The van der Waals surface area contributed by atoms with Crippen LogP contribution in [0.5, 0.6) is 0 Å². The first-order chi connectivity index (χ1) is 7.28. The monoisotopic (exact) mass is 338 g/mol. The fraction of sp³-hybridized carbons (Fsp3) is 1.00. The third kappa shape index (κ3) is 10.1. The molecule has 0 rings (SSSR count). The molecule has 0 spiro atoms. The van der Waals surface area contributed by atoms with Gasteiger partial charge in [-0.3, -0.25) is 0 Å². The van der Waals surface area contributed by atoms with Crippen molar-refractivity contribution in [3.8, 4) is 0 Å². The highest BCUT2D eigenvalue weighted by atomic mass is 32.2. The summed E-state index contributed by atoms with van der Waals surface area (Å²) in [7, 11) is 0.